The van der Waals surface area contributed by atoms with Crippen molar-refractivity contribution in [1.82, 2.24) is 4.90 Å². The predicted octanol–water partition coefficient (Wildman–Crippen LogP) is 0.968. The Morgan fingerprint density at radius 1 is 1.38 bits per heavy atom. The van der Waals surface area contributed by atoms with Gasteiger partial charge in [-0.1, -0.05) is 0 Å². The zero-order valence-corrected chi connectivity index (χ0v) is 14.7. The Hall–Kier alpha value is -1.89. The molecule has 1 N–H and O–H groups in total. The van der Waals surface area contributed by atoms with E-state index in [1.165, 1.54) is 0 Å². The molecule has 0 aliphatic carbocycles. The Kier molecular flexibility index (Phi) is 6.11. The number of ether oxygens (including phenoxy) is 2. The molecule has 2 rings (SSSR count). The Bertz CT molecular complexity index is 679. The SMILES string of the molecule is CC(=O)OCC1=C(C(=O)O)N2C(=O)[C@H](OC(=O)CSC(F)(F)F)[C@H]2SC1. The van der Waals surface area contributed by atoms with E-state index in [1.807, 2.05) is 0 Å². The first-order valence-electron chi connectivity index (χ1n) is 6.94. The Balaban J connectivity index is 2.05. The zero-order chi connectivity index (χ0) is 19.6. The van der Waals surface area contributed by atoms with Crippen molar-refractivity contribution in [2.75, 3.05) is 18.1 Å². The molecule has 13 heteroatoms. The van der Waals surface area contributed by atoms with Crippen LogP contribution in [0.3, 0.4) is 0 Å². The van der Waals surface area contributed by atoms with Crippen molar-refractivity contribution in [1.29, 1.82) is 0 Å². The highest BCUT2D eigenvalue weighted by Crippen LogP contribution is 2.42. The summed E-state index contributed by atoms with van der Waals surface area (Å²) in [4.78, 5) is 46.8. The molecule has 1 fully saturated rings. The van der Waals surface area contributed by atoms with Gasteiger partial charge in [0.05, 0.1) is 0 Å². The second-order valence-corrected chi connectivity index (χ2v) is 7.24. The van der Waals surface area contributed by atoms with Gasteiger partial charge in [0.2, 0.25) is 6.10 Å². The van der Waals surface area contributed by atoms with Crippen molar-refractivity contribution < 1.29 is 46.9 Å². The van der Waals surface area contributed by atoms with Gasteiger partial charge in [-0.15, -0.1) is 11.8 Å². The predicted molar refractivity (Wildman–Crippen MR) is 82.8 cm³/mol. The number of carboxylic acids is 1. The number of amides is 1. The molecule has 0 unspecified atom stereocenters. The lowest BCUT2D eigenvalue weighted by Crippen LogP contribution is -2.66. The number of hydrogen-bond acceptors (Lipinski definition) is 8. The number of halogens is 3. The molecule has 1 saturated heterocycles. The number of nitrogens with zero attached hydrogens (tertiary/aromatic N) is 1. The molecular weight excluding hydrogens is 403 g/mol. The van der Waals surface area contributed by atoms with Crippen LogP contribution in [0.5, 0.6) is 0 Å². The van der Waals surface area contributed by atoms with E-state index in [0.29, 0.717) is 0 Å². The molecule has 2 aliphatic rings. The number of carboxylic acid groups (broad SMARTS) is 1. The summed E-state index contributed by atoms with van der Waals surface area (Å²) in [5.41, 5.74) is -4.80. The van der Waals surface area contributed by atoms with Crippen LogP contribution in [-0.4, -0.2) is 68.9 Å². The molecule has 26 heavy (non-hydrogen) atoms. The quantitative estimate of drug-likeness (QED) is 0.501. The lowest BCUT2D eigenvalue weighted by atomic mass is 10.1. The molecule has 144 valence electrons. The zero-order valence-electron chi connectivity index (χ0n) is 13.1. The number of rotatable bonds is 6. The standard InChI is InChI=1S/C13H12F3NO7S2/c1-5(18)23-2-6-3-25-11-9(10(20)17(11)8(6)12(21)22)24-7(19)4-26-13(14,15)16/h9,11H,2-4H2,1H3,(H,21,22)/t9-,11+/m0/s1. The molecule has 0 aromatic heterocycles. The molecule has 0 aromatic carbocycles. The second-order valence-electron chi connectivity index (χ2n) is 5.09. The fourth-order valence-corrected chi connectivity index (χ4v) is 3.89. The van der Waals surface area contributed by atoms with Crippen molar-refractivity contribution in [3.05, 3.63) is 11.3 Å². The number of hydrogen-bond donors (Lipinski definition) is 1. The number of carbonyl (C=O) groups is 4. The van der Waals surface area contributed by atoms with Crippen molar-refractivity contribution in [3.8, 4) is 0 Å². The molecule has 2 aliphatic heterocycles. The summed E-state index contributed by atoms with van der Waals surface area (Å²) in [6.07, 6.45) is -1.36. The van der Waals surface area contributed by atoms with Crippen LogP contribution in [-0.2, 0) is 28.7 Å². The van der Waals surface area contributed by atoms with Crippen LogP contribution in [0, 0.1) is 0 Å². The van der Waals surface area contributed by atoms with E-state index in [1.54, 1.807) is 0 Å². The van der Waals surface area contributed by atoms with Gasteiger partial charge >= 0.3 is 23.4 Å². The minimum absolute atomic E-state index is 0.0920. The fourth-order valence-electron chi connectivity index (χ4n) is 2.24. The molecule has 0 spiro atoms. The summed E-state index contributed by atoms with van der Waals surface area (Å²) in [5.74, 6) is -5.05. The van der Waals surface area contributed by atoms with Gasteiger partial charge in [0.25, 0.3) is 5.91 Å². The smallest absolute Gasteiger partial charge is 0.442 e. The van der Waals surface area contributed by atoms with E-state index < -0.39 is 58.3 Å². The normalized spacial score (nSPS) is 22.5. The molecule has 1 amide bonds. The lowest BCUT2D eigenvalue weighted by Gasteiger charge is -2.48. The van der Waals surface area contributed by atoms with E-state index in [0.717, 1.165) is 23.6 Å². The van der Waals surface area contributed by atoms with Crippen LogP contribution in [0.1, 0.15) is 6.92 Å². The Morgan fingerprint density at radius 3 is 2.58 bits per heavy atom. The van der Waals surface area contributed by atoms with Crippen molar-refractivity contribution in [2.24, 2.45) is 0 Å². The van der Waals surface area contributed by atoms with E-state index in [2.05, 4.69) is 0 Å². The van der Waals surface area contributed by atoms with E-state index in [-0.39, 0.29) is 23.6 Å². The minimum Gasteiger partial charge on any atom is -0.477 e. The Morgan fingerprint density at radius 2 is 2.04 bits per heavy atom. The fraction of sp³-hybridized carbons (Fsp3) is 0.538. The molecule has 8 nitrogen and oxygen atoms in total. The molecule has 0 bridgehead atoms. The first kappa shape index (κ1) is 20.4. The molecular formula is C13H12F3NO7S2. The number of carbonyl (C=O) groups excluding carboxylic acids is 3. The lowest BCUT2D eigenvalue weighted by molar-refractivity contribution is -0.173. The number of aliphatic carboxylic acids is 1. The third-order valence-electron chi connectivity index (χ3n) is 3.26. The highest BCUT2D eigenvalue weighted by molar-refractivity contribution is 8.00. The molecule has 0 saturated carbocycles. The highest BCUT2D eigenvalue weighted by Gasteiger charge is 2.56. The third kappa shape index (κ3) is 4.63. The van der Waals surface area contributed by atoms with Gasteiger partial charge in [0.15, 0.2) is 0 Å². The highest BCUT2D eigenvalue weighted by atomic mass is 32.2. The number of thioether (sulfide) groups is 2. The van der Waals surface area contributed by atoms with Gasteiger partial charge in [-0.2, -0.15) is 13.2 Å². The maximum Gasteiger partial charge on any atom is 0.442 e. The monoisotopic (exact) mass is 415 g/mol. The minimum atomic E-state index is -4.61. The van der Waals surface area contributed by atoms with Gasteiger partial charge in [-0.3, -0.25) is 19.3 Å². The summed E-state index contributed by atoms with van der Waals surface area (Å²) in [6, 6.07) is 0. The summed E-state index contributed by atoms with van der Waals surface area (Å²) in [6.45, 7) is 0.830. The van der Waals surface area contributed by atoms with Crippen LogP contribution < -0.4 is 0 Å². The van der Waals surface area contributed by atoms with E-state index in [4.69, 9.17) is 9.47 Å². The number of esters is 2. The van der Waals surface area contributed by atoms with Crippen LogP contribution in [0.15, 0.2) is 11.3 Å². The topological polar surface area (TPSA) is 110 Å². The van der Waals surface area contributed by atoms with Gasteiger partial charge in [0, 0.05) is 18.2 Å². The average Bonchev–Trinajstić information content (AvgIpc) is 2.54. The van der Waals surface area contributed by atoms with Crippen LogP contribution in [0.4, 0.5) is 13.2 Å². The summed E-state index contributed by atoms with van der Waals surface area (Å²) in [7, 11) is 0. The van der Waals surface area contributed by atoms with Crippen LogP contribution in [0.2, 0.25) is 0 Å². The first-order valence-corrected chi connectivity index (χ1v) is 8.98. The van der Waals surface area contributed by atoms with Gasteiger partial charge in [-0.05, 0) is 11.8 Å². The summed E-state index contributed by atoms with van der Waals surface area (Å²) >= 11 is 0.464. The number of fused-ring (bicyclic) bond motifs is 1. The van der Waals surface area contributed by atoms with Crippen LogP contribution in [0.25, 0.3) is 0 Å². The van der Waals surface area contributed by atoms with Gasteiger partial charge in [-0.25, -0.2) is 4.79 Å². The van der Waals surface area contributed by atoms with Crippen molar-refractivity contribution >= 4 is 47.3 Å². The maximum absolute atomic E-state index is 12.1. The molecule has 2 heterocycles. The van der Waals surface area contributed by atoms with Gasteiger partial charge in [0.1, 0.15) is 23.4 Å². The summed E-state index contributed by atoms with van der Waals surface area (Å²) in [5, 5.41) is 8.47. The van der Waals surface area contributed by atoms with Crippen LogP contribution >= 0.6 is 23.5 Å². The third-order valence-corrected chi connectivity index (χ3v) is 5.28. The van der Waals surface area contributed by atoms with Crippen molar-refractivity contribution in [3.63, 3.8) is 0 Å². The van der Waals surface area contributed by atoms with Crippen molar-refractivity contribution in [2.45, 2.75) is 23.9 Å². The van der Waals surface area contributed by atoms with Gasteiger partial charge < -0.3 is 14.6 Å². The Labute approximate surface area is 153 Å². The molecule has 0 radical (unpaired) electrons. The van der Waals surface area contributed by atoms with E-state index in [9.17, 15) is 37.5 Å². The number of alkyl halides is 3. The second kappa shape index (κ2) is 7.78. The number of β-lactam (4-membered cyclic amide) rings is 1. The summed E-state index contributed by atoms with van der Waals surface area (Å²) < 4.78 is 45.7. The molecule has 0 aromatic rings. The maximum atomic E-state index is 12.1. The first-order chi connectivity index (χ1) is 12.0. The molecule has 2 atom stereocenters. The largest absolute Gasteiger partial charge is 0.477 e. The average molecular weight is 415 g/mol. The van der Waals surface area contributed by atoms with E-state index >= 15 is 0 Å².